The van der Waals surface area contributed by atoms with Gasteiger partial charge in [-0.25, -0.2) is 0 Å². The average Bonchev–Trinajstić information content (AvgIpc) is 2.59. The molecule has 0 amide bonds. The molecule has 0 aliphatic carbocycles. The Hall–Kier alpha value is -1.15. The van der Waals surface area contributed by atoms with Gasteiger partial charge in [0.25, 0.3) is 0 Å². The number of rotatable bonds is 3. The highest BCUT2D eigenvalue weighted by molar-refractivity contribution is 5.99. The van der Waals surface area contributed by atoms with Crippen LogP contribution < -0.4 is 0 Å². The van der Waals surface area contributed by atoms with E-state index in [9.17, 15) is 4.79 Å². The minimum atomic E-state index is 0.278. The zero-order valence-electron chi connectivity index (χ0n) is 13.3. The number of nitrogens with zero attached hydrogens (tertiary/aromatic N) is 1. The van der Waals surface area contributed by atoms with Crippen LogP contribution in [0.5, 0.6) is 0 Å². The Morgan fingerprint density at radius 1 is 1.10 bits per heavy atom. The predicted octanol–water partition coefficient (Wildman–Crippen LogP) is 3.92. The fourth-order valence-electron chi connectivity index (χ4n) is 3.03. The lowest BCUT2D eigenvalue weighted by Crippen LogP contribution is -2.31. The van der Waals surface area contributed by atoms with E-state index in [0.717, 1.165) is 30.1 Å². The quantitative estimate of drug-likeness (QED) is 0.778. The molecule has 20 heavy (non-hydrogen) atoms. The molecule has 1 aromatic rings. The molecular formula is C18H27NO. The Bertz CT molecular complexity index is 492. The van der Waals surface area contributed by atoms with Crippen molar-refractivity contribution >= 4 is 5.78 Å². The topological polar surface area (TPSA) is 20.3 Å². The van der Waals surface area contributed by atoms with Gasteiger partial charge in [-0.2, -0.15) is 0 Å². The smallest absolute Gasteiger partial charge is 0.177 e. The van der Waals surface area contributed by atoms with E-state index in [1.165, 1.54) is 30.4 Å². The normalized spacial score (nSPS) is 20.7. The van der Waals surface area contributed by atoms with Crippen LogP contribution in [0.1, 0.15) is 53.2 Å². The molecule has 1 saturated heterocycles. The van der Waals surface area contributed by atoms with Crippen LogP contribution in [0.3, 0.4) is 0 Å². The van der Waals surface area contributed by atoms with Gasteiger partial charge in [-0.15, -0.1) is 0 Å². The van der Waals surface area contributed by atoms with Crippen LogP contribution in [0.2, 0.25) is 0 Å². The second kappa shape index (κ2) is 6.53. The predicted molar refractivity (Wildman–Crippen MR) is 84.4 cm³/mol. The summed E-state index contributed by atoms with van der Waals surface area (Å²) in [5.41, 5.74) is 4.50. The van der Waals surface area contributed by atoms with Crippen LogP contribution in [0.4, 0.5) is 0 Å². The van der Waals surface area contributed by atoms with E-state index in [-0.39, 0.29) is 5.78 Å². The van der Waals surface area contributed by atoms with Gasteiger partial charge in [-0.3, -0.25) is 9.69 Å². The molecule has 1 atom stereocenters. The zero-order chi connectivity index (χ0) is 14.7. The van der Waals surface area contributed by atoms with Crippen LogP contribution in [0, 0.1) is 26.7 Å². The van der Waals surface area contributed by atoms with Crippen molar-refractivity contribution in [3.05, 3.63) is 34.4 Å². The molecule has 0 bridgehead atoms. The molecular weight excluding hydrogens is 246 g/mol. The van der Waals surface area contributed by atoms with Gasteiger partial charge in [0.1, 0.15) is 0 Å². The second-order valence-corrected chi connectivity index (χ2v) is 6.49. The van der Waals surface area contributed by atoms with Crippen molar-refractivity contribution in [2.75, 3.05) is 19.6 Å². The molecule has 0 radical (unpaired) electrons. The number of Topliss-reactive ketones (excluding diaryl/α,β-unsaturated/α-hetero) is 1. The number of carbonyl (C=O) groups excluding carboxylic acids is 1. The van der Waals surface area contributed by atoms with E-state index in [1.54, 1.807) is 0 Å². The van der Waals surface area contributed by atoms with Gasteiger partial charge >= 0.3 is 0 Å². The first-order valence-electron chi connectivity index (χ1n) is 7.80. The van der Waals surface area contributed by atoms with Crippen molar-refractivity contribution in [2.45, 2.75) is 47.0 Å². The van der Waals surface area contributed by atoms with Crippen molar-refractivity contribution in [3.8, 4) is 0 Å². The number of hydrogen-bond acceptors (Lipinski definition) is 2. The summed E-state index contributed by atoms with van der Waals surface area (Å²) in [5.74, 6) is 1.08. The van der Waals surface area contributed by atoms with E-state index in [4.69, 9.17) is 0 Å². The lowest BCUT2D eigenvalue weighted by molar-refractivity contribution is 0.0931. The lowest BCUT2D eigenvalue weighted by atomic mass is 9.98. The molecule has 2 nitrogen and oxygen atoms in total. The molecule has 1 aliphatic heterocycles. The third kappa shape index (κ3) is 3.69. The van der Waals surface area contributed by atoms with Gasteiger partial charge in [0.2, 0.25) is 0 Å². The van der Waals surface area contributed by atoms with Crippen molar-refractivity contribution in [2.24, 2.45) is 5.92 Å². The van der Waals surface area contributed by atoms with Crippen molar-refractivity contribution in [3.63, 3.8) is 0 Å². The molecule has 0 N–H and O–H groups in total. The first kappa shape index (κ1) is 15.2. The van der Waals surface area contributed by atoms with Crippen molar-refractivity contribution in [1.29, 1.82) is 0 Å². The molecule has 2 rings (SSSR count). The van der Waals surface area contributed by atoms with Crippen molar-refractivity contribution < 1.29 is 4.79 Å². The van der Waals surface area contributed by atoms with E-state index in [0.29, 0.717) is 6.54 Å². The highest BCUT2D eigenvalue weighted by Crippen LogP contribution is 2.19. The Kier molecular flexibility index (Phi) is 4.98. The SMILES string of the molecule is Cc1cc(C)c(C(=O)CN2CCCC(C)CC2)cc1C. The van der Waals surface area contributed by atoms with E-state index >= 15 is 0 Å². The molecule has 1 heterocycles. The monoisotopic (exact) mass is 273 g/mol. The van der Waals surface area contributed by atoms with Gasteiger partial charge in [0.05, 0.1) is 6.54 Å². The largest absolute Gasteiger partial charge is 0.296 e. The second-order valence-electron chi connectivity index (χ2n) is 6.49. The summed E-state index contributed by atoms with van der Waals surface area (Å²) in [6, 6.07) is 4.19. The van der Waals surface area contributed by atoms with Gasteiger partial charge < -0.3 is 0 Å². The summed E-state index contributed by atoms with van der Waals surface area (Å²) >= 11 is 0. The van der Waals surface area contributed by atoms with E-state index < -0.39 is 0 Å². The third-order valence-electron chi connectivity index (χ3n) is 4.62. The van der Waals surface area contributed by atoms with Gasteiger partial charge in [-0.1, -0.05) is 13.0 Å². The molecule has 110 valence electrons. The number of likely N-dealkylation sites (tertiary alicyclic amines) is 1. The lowest BCUT2D eigenvalue weighted by Gasteiger charge is -2.20. The van der Waals surface area contributed by atoms with Gasteiger partial charge in [0.15, 0.2) is 5.78 Å². The van der Waals surface area contributed by atoms with Crippen LogP contribution in [0.25, 0.3) is 0 Å². The average molecular weight is 273 g/mol. The minimum Gasteiger partial charge on any atom is -0.296 e. The fraction of sp³-hybridized carbons (Fsp3) is 0.611. The van der Waals surface area contributed by atoms with E-state index in [1.807, 2.05) is 6.92 Å². The Labute approximate surface area is 123 Å². The molecule has 1 fully saturated rings. The standard InChI is InChI=1S/C18H27NO/c1-13-6-5-8-19(9-7-13)12-18(20)17-11-15(3)14(2)10-16(17)4/h10-11,13H,5-9,12H2,1-4H3. The maximum absolute atomic E-state index is 12.5. The summed E-state index contributed by atoms with van der Waals surface area (Å²) in [7, 11) is 0. The molecule has 1 aromatic carbocycles. The molecule has 0 spiro atoms. The van der Waals surface area contributed by atoms with Crippen LogP contribution in [-0.2, 0) is 0 Å². The fourth-order valence-corrected chi connectivity index (χ4v) is 3.03. The van der Waals surface area contributed by atoms with E-state index in [2.05, 4.69) is 37.8 Å². The zero-order valence-corrected chi connectivity index (χ0v) is 13.3. The molecule has 0 aromatic heterocycles. The highest BCUT2D eigenvalue weighted by Gasteiger charge is 2.18. The summed E-state index contributed by atoms with van der Waals surface area (Å²) in [6.45, 7) is 11.3. The highest BCUT2D eigenvalue weighted by atomic mass is 16.1. The number of hydrogen-bond donors (Lipinski definition) is 0. The summed E-state index contributed by atoms with van der Waals surface area (Å²) in [5, 5.41) is 0. The maximum atomic E-state index is 12.5. The number of ketones is 1. The first-order chi connectivity index (χ1) is 9.47. The first-order valence-corrected chi connectivity index (χ1v) is 7.80. The number of carbonyl (C=O) groups is 1. The molecule has 1 unspecified atom stereocenters. The number of aryl methyl sites for hydroxylation is 3. The molecule has 2 heteroatoms. The van der Waals surface area contributed by atoms with Gasteiger partial charge in [0, 0.05) is 5.56 Å². The van der Waals surface area contributed by atoms with Crippen molar-refractivity contribution in [1.82, 2.24) is 4.90 Å². The third-order valence-corrected chi connectivity index (χ3v) is 4.62. The molecule has 0 saturated carbocycles. The Morgan fingerprint density at radius 3 is 2.55 bits per heavy atom. The Morgan fingerprint density at radius 2 is 1.80 bits per heavy atom. The maximum Gasteiger partial charge on any atom is 0.177 e. The summed E-state index contributed by atoms with van der Waals surface area (Å²) < 4.78 is 0. The molecule has 1 aliphatic rings. The number of benzene rings is 1. The summed E-state index contributed by atoms with van der Waals surface area (Å²) in [6.07, 6.45) is 3.74. The van der Waals surface area contributed by atoms with Crippen LogP contribution in [-0.4, -0.2) is 30.3 Å². The van der Waals surface area contributed by atoms with Crippen LogP contribution >= 0.6 is 0 Å². The van der Waals surface area contributed by atoms with Gasteiger partial charge in [-0.05, 0) is 81.8 Å². The van der Waals surface area contributed by atoms with Crippen LogP contribution in [0.15, 0.2) is 12.1 Å². The minimum absolute atomic E-state index is 0.278. The Balaban J connectivity index is 2.06. The summed E-state index contributed by atoms with van der Waals surface area (Å²) in [4.78, 5) is 14.9.